The van der Waals surface area contributed by atoms with Gasteiger partial charge >= 0.3 is 0 Å². The molecule has 1 aromatic rings. The van der Waals surface area contributed by atoms with E-state index in [1.54, 1.807) is 0 Å². The molecule has 0 aromatic heterocycles. The van der Waals surface area contributed by atoms with Crippen molar-refractivity contribution in [1.82, 2.24) is 5.32 Å². The van der Waals surface area contributed by atoms with E-state index in [1.165, 1.54) is 0 Å². The van der Waals surface area contributed by atoms with Gasteiger partial charge in [-0.3, -0.25) is 0 Å². The Morgan fingerprint density at radius 2 is 2.11 bits per heavy atom. The van der Waals surface area contributed by atoms with Gasteiger partial charge in [0.2, 0.25) is 0 Å². The van der Waals surface area contributed by atoms with Gasteiger partial charge in [0.1, 0.15) is 0 Å². The summed E-state index contributed by atoms with van der Waals surface area (Å²) in [5, 5.41) is 13.6. The Morgan fingerprint density at radius 3 is 2.68 bits per heavy atom. The number of halogens is 1. The summed E-state index contributed by atoms with van der Waals surface area (Å²) in [5.74, 6) is 0. The topological polar surface area (TPSA) is 32.3 Å². The van der Waals surface area contributed by atoms with Gasteiger partial charge in [0.25, 0.3) is 0 Å². The van der Waals surface area contributed by atoms with Gasteiger partial charge in [0.05, 0.1) is 11.6 Å². The van der Waals surface area contributed by atoms with E-state index in [4.69, 9.17) is 0 Å². The summed E-state index contributed by atoms with van der Waals surface area (Å²) in [7, 11) is 0. The van der Waals surface area contributed by atoms with E-state index >= 15 is 0 Å². The SMILES string of the molecule is C=C[C@@]1(NCC(O)c2ccc(Br)cc2)C=CC=CC1. The maximum atomic E-state index is 10.2. The number of aliphatic hydroxyl groups is 1. The Labute approximate surface area is 122 Å². The van der Waals surface area contributed by atoms with E-state index in [2.05, 4.69) is 40.0 Å². The summed E-state index contributed by atoms with van der Waals surface area (Å²) >= 11 is 3.39. The van der Waals surface area contributed by atoms with Crippen molar-refractivity contribution in [2.75, 3.05) is 6.54 Å². The van der Waals surface area contributed by atoms with Crippen LogP contribution in [0.5, 0.6) is 0 Å². The van der Waals surface area contributed by atoms with E-state index < -0.39 is 6.10 Å². The molecule has 0 heterocycles. The summed E-state index contributed by atoms with van der Waals surface area (Å²) in [6, 6.07) is 7.72. The van der Waals surface area contributed by atoms with E-state index in [-0.39, 0.29) is 5.54 Å². The summed E-state index contributed by atoms with van der Waals surface area (Å²) in [5.41, 5.74) is 0.663. The molecular formula is C16H18BrNO. The third-order valence-corrected chi connectivity index (χ3v) is 3.87. The number of nitrogens with one attached hydrogen (secondary N) is 1. The van der Waals surface area contributed by atoms with Crippen molar-refractivity contribution >= 4 is 15.9 Å². The Hall–Kier alpha value is -1.16. The first-order valence-electron chi connectivity index (χ1n) is 6.32. The number of benzene rings is 1. The molecule has 0 saturated heterocycles. The molecule has 2 N–H and O–H groups in total. The normalized spacial score (nSPS) is 23.3. The molecule has 2 rings (SSSR count). The first-order chi connectivity index (χ1) is 9.15. The summed E-state index contributed by atoms with van der Waals surface area (Å²) in [6.45, 7) is 4.38. The van der Waals surface area contributed by atoms with E-state index in [0.29, 0.717) is 6.54 Å². The molecule has 1 aromatic carbocycles. The largest absolute Gasteiger partial charge is 0.387 e. The molecule has 0 fully saturated rings. The Bertz CT molecular complexity index is 492. The zero-order valence-corrected chi connectivity index (χ0v) is 12.3. The number of aliphatic hydroxyl groups excluding tert-OH is 1. The first-order valence-corrected chi connectivity index (χ1v) is 7.11. The quantitative estimate of drug-likeness (QED) is 0.814. The molecule has 3 heteroatoms. The highest BCUT2D eigenvalue weighted by atomic mass is 79.9. The minimum Gasteiger partial charge on any atom is -0.387 e. The maximum absolute atomic E-state index is 10.2. The van der Waals surface area contributed by atoms with Gasteiger partial charge in [-0.05, 0) is 24.1 Å². The lowest BCUT2D eigenvalue weighted by Gasteiger charge is -2.30. The van der Waals surface area contributed by atoms with Gasteiger partial charge in [-0.2, -0.15) is 0 Å². The highest BCUT2D eigenvalue weighted by Crippen LogP contribution is 2.21. The highest BCUT2D eigenvalue weighted by Gasteiger charge is 2.23. The molecule has 0 saturated carbocycles. The average molecular weight is 320 g/mol. The molecule has 0 aliphatic heterocycles. The van der Waals surface area contributed by atoms with Crippen molar-refractivity contribution < 1.29 is 5.11 Å². The smallest absolute Gasteiger partial charge is 0.0914 e. The fourth-order valence-corrected chi connectivity index (χ4v) is 2.35. The van der Waals surface area contributed by atoms with Gasteiger partial charge in [0, 0.05) is 11.0 Å². The standard InChI is InChI=1S/C16H18BrNO/c1-2-16(10-4-3-5-11-16)18-12-15(19)13-6-8-14(17)9-7-13/h2-10,15,18-19H,1,11-12H2/t15?,16-/m1/s1. The van der Waals surface area contributed by atoms with Gasteiger partial charge in [0.15, 0.2) is 0 Å². The van der Waals surface area contributed by atoms with Crippen molar-refractivity contribution in [2.24, 2.45) is 0 Å². The van der Waals surface area contributed by atoms with Gasteiger partial charge < -0.3 is 10.4 Å². The zero-order valence-electron chi connectivity index (χ0n) is 10.7. The van der Waals surface area contributed by atoms with Gasteiger partial charge in [-0.15, -0.1) is 6.58 Å². The second-order valence-electron chi connectivity index (χ2n) is 4.68. The number of hydrogen-bond donors (Lipinski definition) is 2. The van der Waals surface area contributed by atoms with Crippen molar-refractivity contribution in [3.63, 3.8) is 0 Å². The van der Waals surface area contributed by atoms with E-state index in [1.807, 2.05) is 42.5 Å². The number of β-amino-alcohol motifs (C(OH)–C–C–N with tert-alkyl or cyclic N) is 1. The van der Waals surface area contributed by atoms with Crippen LogP contribution in [0.2, 0.25) is 0 Å². The molecule has 1 aliphatic carbocycles. The van der Waals surface area contributed by atoms with Gasteiger partial charge in [-0.25, -0.2) is 0 Å². The monoisotopic (exact) mass is 319 g/mol. The zero-order chi connectivity index (χ0) is 13.7. The highest BCUT2D eigenvalue weighted by molar-refractivity contribution is 9.10. The number of hydrogen-bond acceptors (Lipinski definition) is 2. The Balaban J connectivity index is 1.98. The van der Waals surface area contributed by atoms with Crippen LogP contribution in [-0.2, 0) is 0 Å². The minimum atomic E-state index is -0.524. The summed E-state index contributed by atoms with van der Waals surface area (Å²) in [4.78, 5) is 0. The third kappa shape index (κ3) is 3.66. The molecule has 0 radical (unpaired) electrons. The number of allylic oxidation sites excluding steroid dienone is 2. The average Bonchev–Trinajstić information content (AvgIpc) is 2.46. The summed E-state index contributed by atoms with van der Waals surface area (Å²) < 4.78 is 1.01. The van der Waals surface area contributed by atoms with Crippen LogP contribution in [0.25, 0.3) is 0 Å². The van der Waals surface area contributed by atoms with Crippen LogP contribution in [0.3, 0.4) is 0 Å². The van der Waals surface area contributed by atoms with Crippen LogP contribution < -0.4 is 5.32 Å². The molecule has 0 spiro atoms. The second kappa shape index (κ2) is 6.33. The molecule has 0 bridgehead atoms. The molecule has 2 atom stereocenters. The fraction of sp³-hybridized carbons (Fsp3) is 0.250. The second-order valence-corrected chi connectivity index (χ2v) is 5.60. The third-order valence-electron chi connectivity index (χ3n) is 3.34. The van der Waals surface area contributed by atoms with E-state index in [9.17, 15) is 5.11 Å². The number of rotatable bonds is 5. The Morgan fingerprint density at radius 1 is 1.37 bits per heavy atom. The summed E-state index contributed by atoms with van der Waals surface area (Å²) in [6.07, 6.45) is 10.4. The van der Waals surface area contributed by atoms with Crippen molar-refractivity contribution in [1.29, 1.82) is 0 Å². The van der Waals surface area contributed by atoms with Gasteiger partial charge in [-0.1, -0.05) is 58.4 Å². The van der Waals surface area contributed by atoms with Crippen molar-refractivity contribution in [3.05, 3.63) is 71.3 Å². The van der Waals surface area contributed by atoms with E-state index in [0.717, 1.165) is 16.5 Å². The minimum absolute atomic E-state index is 0.245. The molecule has 2 nitrogen and oxygen atoms in total. The molecule has 0 amide bonds. The molecule has 19 heavy (non-hydrogen) atoms. The van der Waals surface area contributed by atoms with Crippen molar-refractivity contribution in [3.8, 4) is 0 Å². The van der Waals surface area contributed by atoms with Crippen LogP contribution in [0.1, 0.15) is 18.1 Å². The Kier molecular flexibility index (Phi) is 4.75. The molecule has 1 unspecified atom stereocenters. The first kappa shape index (κ1) is 14.3. The van der Waals surface area contributed by atoms with Crippen LogP contribution in [0, 0.1) is 0 Å². The lowest BCUT2D eigenvalue weighted by atomic mass is 9.91. The van der Waals surface area contributed by atoms with Crippen molar-refractivity contribution in [2.45, 2.75) is 18.1 Å². The molecular weight excluding hydrogens is 302 g/mol. The fourth-order valence-electron chi connectivity index (χ4n) is 2.08. The lowest BCUT2D eigenvalue weighted by molar-refractivity contribution is 0.167. The van der Waals surface area contributed by atoms with Crippen LogP contribution in [0.4, 0.5) is 0 Å². The van der Waals surface area contributed by atoms with Crippen LogP contribution >= 0.6 is 15.9 Å². The molecule has 100 valence electrons. The predicted octanol–water partition coefficient (Wildman–Crippen LogP) is 3.51. The van der Waals surface area contributed by atoms with Crippen LogP contribution in [0.15, 0.2) is 65.7 Å². The lowest BCUT2D eigenvalue weighted by Crippen LogP contribution is -2.43. The maximum Gasteiger partial charge on any atom is 0.0914 e. The molecule has 1 aliphatic rings. The van der Waals surface area contributed by atoms with Crippen LogP contribution in [-0.4, -0.2) is 17.2 Å². The predicted molar refractivity (Wildman–Crippen MR) is 82.9 cm³/mol.